The largest absolute Gasteiger partial charge is 0.433 e. The van der Waals surface area contributed by atoms with Crippen LogP contribution < -0.4 is 0 Å². The van der Waals surface area contributed by atoms with Gasteiger partial charge in [-0.05, 0) is 32.6 Å². The average molecular weight is 371 g/mol. The van der Waals surface area contributed by atoms with Crippen LogP contribution >= 0.6 is 0 Å². The minimum Gasteiger partial charge on any atom is -0.433 e. The van der Waals surface area contributed by atoms with Crippen molar-refractivity contribution in [1.29, 1.82) is 0 Å². The first kappa shape index (κ1) is 24.8. The van der Waals surface area contributed by atoms with E-state index in [2.05, 4.69) is 17.7 Å². The Morgan fingerprint density at radius 3 is 2.35 bits per heavy atom. The molecule has 2 unspecified atom stereocenters. The standard InChI is InChI=1S/C21H38O5/c1-3-4-12-15-19(23)16-13-10-8-6-5-7-9-11-14-17-20(24)26-21(25)18(2)22/h8,10,13,16,18-19,21-23,25H,3-7,9,11-12,14-15,17H2,1-2H3/b10-8-,16-13+/t18?,19-,21?/m0/s1. The molecule has 152 valence electrons. The zero-order valence-electron chi connectivity index (χ0n) is 16.5. The van der Waals surface area contributed by atoms with Gasteiger partial charge in [0.1, 0.15) is 6.10 Å². The maximum atomic E-state index is 11.4. The van der Waals surface area contributed by atoms with Gasteiger partial charge in [-0.25, -0.2) is 0 Å². The highest BCUT2D eigenvalue weighted by molar-refractivity contribution is 5.69. The molecule has 0 fully saturated rings. The lowest BCUT2D eigenvalue weighted by Crippen LogP contribution is -2.28. The monoisotopic (exact) mass is 370 g/mol. The molecule has 0 rings (SSSR count). The average Bonchev–Trinajstić information content (AvgIpc) is 2.59. The van der Waals surface area contributed by atoms with Gasteiger partial charge in [-0.15, -0.1) is 0 Å². The second kappa shape index (κ2) is 17.3. The molecule has 0 amide bonds. The van der Waals surface area contributed by atoms with Gasteiger partial charge in [-0.1, -0.05) is 69.8 Å². The van der Waals surface area contributed by atoms with Crippen LogP contribution in [0, 0.1) is 0 Å². The zero-order chi connectivity index (χ0) is 19.6. The Morgan fingerprint density at radius 2 is 1.65 bits per heavy atom. The van der Waals surface area contributed by atoms with E-state index in [0.29, 0.717) is 0 Å². The van der Waals surface area contributed by atoms with Crippen molar-refractivity contribution in [3.8, 4) is 0 Å². The molecule has 0 aromatic rings. The highest BCUT2D eigenvalue weighted by Crippen LogP contribution is 2.09. The predicted octanol–water partition coefficient (Wildman–Crippen LogP) is 4.01. The van der Waals surface area contributed by atoms with Gasteiger partial charge in [0.2, 0.25) is 6.29 Å². The molecule has 5 nitrogen and oxygen atoms in total. The number of allylic oxidation sites excluding steroid dienone is 3. The normalized spacial score (nSPS) is 15.4. The van der Waals surface area contributed by atoms with Crippen molar-refractivity contribution in [1.82, 2.24) is 0 Å². The minimum absolute atomic E-state index is 0.273. The molecule has 3 atom stereocenters. The Morgan fingerprint density at radius 1 is 0.962 bits per heavy atom. The van der Waals surface area contributed by atoms with E-state index in [9.17, 15) is 15.0 Å². The number of carbonyl (C=O) groups is 1. The third-order valence-electron chi connectivity index (χ3n) is 4.10. The summed E-state index contributed by atoms with van der Waals surface area (Å²) in [6, 6.07) is 0. The third kappa shape index (κ3) is 16.3. The van der Waals surface area contributed by atoms with Gasteiger partial charge >= 0.3 is 5.97 Å². The lowest BCUT2D eigenvalue weighted by Gasteiger charge is -2.14. The summed E-state index contributed by atoms with van der Waals surface area (Å²) < 4.78 is 4.67. The molecular weight excluding hydrogens is 332 g/mol. The summed E-state index contributed by atoms with van der Waals surface area (Å²) in [5.41, 5.74) is 0. The van der Waals surface area contributed by atoms with Gasteiger partial charge in [0, 0.05) is 6.42 Å². The van der Waals surface area contributed by atoms with Crippen LogP contribution in [0.4, 0.5) is 0 Å². The summed E-state index contributed by atoms with van der Waals surface area (Å²) in [7, 11) is 0. The highest BCUT2D eigenvalue weighted by Gasteiger charge is 2.15. The van der Waals surface area contributed by atoms with E-state index in [1.165, 1.54) is 19.8 Å². The molecule has 0 bridgehead atoms. The fraction of sp³-hybridized carbons (Fsp3) is 0.762. The number of aliphatic hydroxyl groups excluding tert-OH is 3. The molecule has 0 aliphatic carbocycles. The molecule has 0 radical (unpaired) electrons. The van der Waals surface area contributed by atoms with Gasteiger partial charge in [-0.3, -0.25) is 4.79 Å². The number of aliphatic hydroxyl groups is 3. The van der Waals surface area contributed by atoms with Crippen molar-refractivity contribution in [3.05, 3.63) is 24.3 Å². The van der Waals surface area contributed by atoms with Gasteiger partial charge in [0.05, 0.1) is 6.10 Å². The highest BCUT2D eigenvalue weighted by atomic mass is 16.6. The lowest BCUT2D eigenvalue weighted by atomic mass is 10.1. The molecule has 0 aliphatic heterocycles. The molecule has 0 saturated carbocycles. The molecule has 0 aromatic carbocycles. The first-order valence-electron chi connectivity index (χ1n) is 10.0. The van der Waals surface area contributed by atoms with E-state index in [0.717, 1.165) is 51.4 Å². The predicted molar refractivity (Wildman–Crippen MR) is 105 cm³/mol. The van der Waals surface area contributed by atoms with Crippen LogP contribution in [0.15, 0.2) is 24.3 Å². The van der Waals surface area contributed by atoms with Crippen molar-refractivity contribution in [2.45, 2.75) is 103 Å². The second-order valence-electron chi connectivity index (χ2n) is 6.80. The Bertz CT molecular complexity index is 390. The molecule has 0 heterocycles. The van der Waals surface area contributed by atoms with Crippen LogP contribution in [0.25, 0.3) is 0 Å². The number of unbranched alkanes of at least 4 members (excludes halogenated alkanes) is 7. The topological polar surface area (TPSA) is 87.0 Å². The van der Waals surface area contributed by atoms with Gasteiger partial charge < -0.3 is 20.1 Å². The number of ether oxygens (including phenoxy) is 1. The number of rotatable bonds is 16. The van der Waals surface area contributed by atoms with E-state index in [-0.39, 0.29) is 12.5 Å². The number of esters is 1. The van der Waals surface area contributed by atoms with E-state index >= 15 is 0 Å². The molecule has 0 aromatic heterocycles. The summed E-state index contributed by atoms with van der Waals surface area (Å²) in [6.45, 7) is 3.53. The maximum absolute atomic E-state index is 11.4. The fourth-order valence-electron chi connectivity index (χ4n) is 2.42. The summed E-state index contributed by atoms with van der Waals surface area (Å²) in [5.74, 6) is -0.468. The van der Waals surface area contributed by atoms with Crippen LogP contribution in [0.2, 0.25) is 0 Å². The quantitative estimate of drug-likeness (QED) is 0.165. The lowest BCUT2D eigenvalue weighted by molar-refractivity contribution is -0.184. The van der Waals surface area contributed by atoms with E-state index in [1.54, 1.807) is 0 Å². The van der Waals surface area contributed by atoms with Crippen molar-refractivity contribution >= 4 is 5.97 Å². The Hall–Kier alpha value is -1.17. The molecule has 0 aliphatic rings. The number of carbonyl (C=O) groups excluding carboxylic acids is 1. The van der Waals surface area contributed by atoms with Crippen LogP contribution in [0.5, 0.6) is 0 Å². The maximum Gasteiger partial charge on any atom is 0.308 e. The summed E-state index contributed by atoms with van der Waals surface area (Å²) in [5, 5.41) is 28.0. The molecular formula is C21H38O5. The number of hydrogen-bond donors (Lipinski definition) is 3. The Balaban J connectivity index is 3.49. The molecule has 0 spiro atoms. The second-order valence-corrected chi connectivity index (χ2v) is 6.80. The Kier molecular flexibility index (Phi) is 16.5. The molecule has 3 N–H and O–H groups in total. The van der Waals surface area contributed by atoms with Gasteiger partial charge in [-0.2, -0.15) is 0 Å². The third-order valence-corrected chi connectivity index (χ3v) is 4.10. The first-order valence-corrected chi connectivity index (χ1v) is 10.0. The van der Waals surface area contributed by atoms with Gasteiger partial charge in [0.15, 0.2) is 0 Å². The fourth-order valence-corrected chi connectivity index (χ4v) is 2.42. The van der Waals surface area contributed by atoms with E-state index < -0.39 is 18.4 Å². The van der Waals surface area contributed by atoms with Gasteiger partial charge in [0.25, 0.3) is 0 Å². The number of hydrogen-bond acceptors (Lipinski definition) is 5. The molecule has 5 heteroatoms. The molecule has 0 saturated heterocycles. The van der Waals surface area contributed by atoms with Crippen molar-refractivity contribution in [2.75, 3.05) is 0 Å². The summed E-state index contributed by atoms with van der Waals surface area (Å²) in [6.07, 6.45) is 15.6. The first-order chi connectivity index (χ1) is 12.5. The van der Waals surface area contributed by atoms with Crippen molar-refractivity contribution in [3.63, 3.8) is 0 Å². The minimum atomic E-state index is -1.43. The van der Waals surface area contributed by atoms with E-state index in [1.807, 2.05) is 18.2 Å². The Labute approximate surface area is 158 Å². The molecule has 26 heavy (non-hydrogen) atoms. The van der Waals surface area contributed by atoms with E-state index in [4.69, 9.17) is 5.11 Å². The zero-order valence-corrected chi connectivity index (χ0v) is 16.5. The van der Waals surface area contributed by atoms with Crippen LogP contribution in [0.1, 0.15) is 84.5 Å². The summed E-state index contributed by atoms with van der Waals surface area (Å²) >= 11 is 0. The van der Waals surface area contributed by atoms with Crippen molar-refractivity contribution < 1.29 is 24.9 Å². The van der Waals surface area contributed by atoms with Crippen molar-refractivity contribution in [2.24, 2.45) is 0 Å². The smallest absolute Gasteiger partial charge is 0.308 e. The SMILES string of the molecule is CCCCC[C@H](O)/C=C/C=C\CCCCCCCC(=O)OC(O)C(C)O. The van der Waals surface area contributed by atoms with Crippen LogP contribution in [0.3, 0.4) is 0 Å². The summed E-state index contributed by atoms with van der Waals surface area (Å²) in [4.78, 5) is 11.4. The van der Waals surface area contributed by atoms with Crippen LogP contribution in [-0.4, -0.2) is 39.8 Å². The van der Waals surface area contributed by atoms with Crippen LogP contribution in [-0.2, 0) is 9.53 Å².